The van der Waals surface area contributed by atoms with Crippen molar-refractivity contribution in [1.82, 2.24) is 9.88 Å². The molecular weight excluding hydrogens is 288 g/mol. The maximum atomic E-state index is 11.8. The first-order valence-electron chi connectivity index (χ1n) is 8.08. The number of hydrogen-bond acceptors (Lipinski definition) is 3. The summed E-state index contributed by atoms with van der Waals surface area (Å²) in [7, 11) is 0. The predicted molar refractivity (Wildman–Crippen MR) is 89.3 cm³/mol. The molecule has 4 heteroatoms. The second-order valence-electron chi connectivity index (χ2n) is 6.24. The number of aromatic nitrogens is 1. The lowest BCUT2D eigenvalue weighted by molar-refractivity contribution is -0.144. The third-order valence-electron chi connectivity index (χ3n) is 4.70. The molecule has 1 N–H and O–H groups in total. The number of benzene rings is 1. The maximum Gasteiger partial charge on any atom is 0.325 e. The lowest BCUT2D eigenvalue weighted by Crippen LogP contribution is -2.39. The van der Waals surface area contributed by atoms with Gasteiger partial charge in [-0.15, -0.1) is 0 Å². The van der Waals surface area contributed by atoms with Crippen LogP contribution in [0.25, 0.3) is 0 Å². The van der Waals surface area contributed by atoms with Crippen molar-refractivity contribution < 1.29 is 9.90 Å². The highest BCUT2D eigenvalue weighted by Gasteiger charge is 2.31. The largest absolute Gasteiger partial charge is 0.480 e. The minimum Gasteiger partial charge on any atom is -0.480 e. The van der Waals surface area contributed by atoms with Gasteiger partial charge in [0.1, 0.15) is 6.04 Å². The van der Waals surface area contributed by atoms with Crippen molar-refractivity contribution >= 4 is 5.97 Å². The van der Waals surface area contributed by atoms with E-state index in [9.17, 15) is 9.90 Å². The van der Waals surface area contributed by atoms with Crippen molar-refractivity contribution in [3.05, 3.63) is 65.5 Å². The Kier molecular flexibility index (Phi) is 4.72. The Morgan fingerprint density at radius 1 is 1.13 bits per heavy atom. The Bertz CT molecular complexity index is 647. The molecule has 1 saturated heterocycles. The number of hydrogen-bond donors (Lipinski definition) is 1. The zero-order valence-corrected chi connectivity index (χ0v) is 13.4. The quantitative estimate of drug-likeness (QED) is 0.940. The minimum absolute atomic E-state index is 0.502. The van der Waals surface area contributed by atoms with Gasteiger partial charge in [-0.3, -0.25) is 14.7 Å². The highest BCUT2D eigenvalue weighted by Crippen LogP contribution is 2.32. The fourth-order valence-electron chi connectivity index (χ4n) is 3.38. The summed E-state index contributed by atoms with van der Waals surface area (Å²) >= 11 is 0. The Labute approximate surface area is 136 Å². The van der Waals surface area contributed by atoms with Gasteiger partial charge in [-0.2, -0.15) is 0 Å². The van der Waals surface area contributed by atoms with Crippen LogP contribution >= 0.6 is 0 Å². The van der Waals surface area contributed by atoms with E-state index in [1.165, 1.54) is 5.56 Å². The summed E-state index contributed by atoms with van der Waals surface area (Å²) in [6, 6.07) is 11.4. The van der Waals surface area contributed by atoms with Gasteiger partial charge in [-0.05, 0) is 62.0 Å². The van der Waals surface area contributed by atoms with E-state index in [4.69, 9.17) is 0 Å². The number of carboxylic acids is 1. The third-order valence-corrected chi connectivity index (χ3v) is 4.70. The Hall–Kier alpha value is -2.20. The molecule has 1 aliphatic heterocycles. The third kappa shape index (κ3) is 3.59. The first-order chi connectivity index (χ1) is 11.1. The summed E-state index contributed by atoms with van der Waals surface area (Å²) in [5, 5.41) is 9.68. The van der Waals surface area contributed by atoms with Crippen molar-refractivity contribution in [3.63, 3.8) is 0 Å². The first-order valence-corrected chi connectivity index (χ1v) is 8.08. The summed E-state index contributed by atoms with van der Waals surface area (Å²) in [6.07, 6.45) is 5.63. The molecule has 1 aromatic carbocycles. The number of pyridine rings is 1. The fourth-order valence-corrected chi connectivity index (χ4v) is 3.38. The second-order valence-corrected chi connectivity index (χ2v) is 6.24. The first kappa shape index (κ1) is 15.7. The molecule has 0 bridgehead atoms. The summed E-state index contributed by atoms with van der Waals surface area (Å²) in [5.41, 5.74) is 3.32. The van der Waals surface area contributed by atoms with Crippen molar-refractivity contribution in [2.45, 2.75) is 31.7 Å². The van der Waals surface area contributed by atoms with E-state index in [-0.39, 0.29) is 0 Å². The van der Waals surface area contributed by atoms with Crippen LogP contribution in [0.5, 0.6) is 0 Å². The summed E-state index contributed by atoms with van der Waals surface area (Å²) in [4.78, 5) is 17.9. The number of likely N-dealkylation sites (tertiary alicyclic amines) is 1. The average Bonchev–Trinajstić information content (AvgIpc) is 2.58. The molecule has 0 aliphatic carbocycles. The SMILES string of the molecule is Cc1ccc(C(C(=O)O)N2CCC(c3ccncc3)CC2)cc1. The number of nitrogens with zero attached hydrogens (tertiary/aromatic N) is 2. The van der Waals surface area contributed by atoms with Gasteiger partial charge < -0.3 is 5.11 Å². The van der Waals surface area contributed by atoms with Crippen LogP contribution in [0, 0.1) is 6.92 Å². The summed E-state index contributed by atoms with van der Waals surface area (Å²) < 4.78 is 0. The molecule has 1 fully saturated rings. The fraction of sp³-hybridized carbons (Fsp3) is 0.368. The Morgan fingerprint density at radius 2 is 1.74 bits per heavy atom. The summed E-state index contributed by atoms with van der Waals surface area (Å²) in [5.74, 6) is -0.266. The maximum absolute atomic E-state index is 11.8. The highest BCUT2D eigenvalue weighted by atomic mass is 16.4. The van der Waals surface area contributed by atoms with Gasteiger partial charge in [0.25, 0.3) is 0 Å². The van der Waals surface area contributed by atoms with Gasteiger partial charge in [0, 0.05) is 12.4 Å². The standard InChI is InChI=1S/C19H22N2O2/c1-14-2-4-17(5-3-14)18(19(22)23)21-12-8-16(9-13-21)15-6-10-20-11-7-15/h2-7,10-11,16,18H,8-9,12-13H2,1H3,(H,22,23). The number of carboxylic acid groups (broad SMARTS) is 1. The smallest absolute Gasteiger partial charge is 0.325 e. The van der Waals surface area contributed by atoms with E-state index in [2.05, 4.69) is 22.0 Å². The number of aliphatic carboxylic acids is 1. The average molecular weight is 310 g/mol. The van der Waals surface area contributed by atoms with Crippen LogP contribution in [-0.2, 0) is 4.79 Å². The lowest BCUT2D eigenvalue weighted by atomic mass is 9.89. The molecule has 4 nitrogen and oxygen atoms in total. The zero-order chi connectivity index (χ0) is 16.2. The topological polar surface area (TPSA) is 53.4 Å². The van der Waals surface area contributed by atoms with Gasteiger partial charge in [0.15, 0.2) is 0 Å². The predicted octanol–water partition coefficient (Wildman–Crippen LogP) is 3.40. The molecule has 3 rings (SSSR count). The number of piperidine rings is 1. The minimum atomic E-state index is -0.767. The van der Waals surface area contributed by atoms with Crippen molar-refractivity contribution in [3.8, 4) is 0 Å². The summed E-state index contributed by atoms with van der Waals surface area (Å²) in [6.45, 7) is 3.62. The molecule has 0 saturated carbocycles. The van der Waals surface area contributed by atoms with E-state index in [0.29, 0.717) is 5.92 Å². The van der Waals surface area contributed by atoms with Gasteiger partial charge in [0.05, 0.1) is 0 Å². The van der Waals surface area contributed by atoms with Crippen molar-refractivity contribution in [2.24, 2.45) is 0 Å². The zero-order valence-electron chi connectivity index (χ0n) is 13.4. The monoisotopic (exact) mass is 310 g/mol. The molecule has 2 aromatic rings. The molecule has 0 amide bonds. The van der Waals surface area contributed by atoms with Crippen LogP contribution in [0.4, 0.5) is 0 Å². The van der Waals surface area contributed by atoms with Crippen LogP contribution in [-0.4, -0.2) is 34.0 Å². The van der Waals surface area contributed by atoms with Crippen LogP contribution in [0.3, 0.4) is 0 Å². The van der Waals surface area contributed by atoms with Gasteiger partial charge >= 0.3 is 5.97 Å². The van der Waals surface area contributed by atoms with Crippen molar-refractivity contribution in [1.29, 1.82) is 0 Å². The van der Waals surface area contributed by atoms with E-state index in [0.717, 1.165) is 37.1 Å². The molecule has 23 heavy (non-hydrogen) atoms. The molecule has 120 valence electrons. The lowest BCUT2D eigenvalue weighted by Gasteiger charge is -2.36. The van der Waals surface area contributed by atoms with E-state index in [1.807, 2.05) is 43.6 Å². The highest BCUT2D eigenvalue weighted by molar-refractivity contribution is 5.75. The molecule has 0 radical (unpaired) electrons. The molecule has 1 aromatic heterocycles. The number of aryl methyl sites for hydroxylation is 1. The molecule has 0 spiro atoms. The van der Waals surface area contributed by atoms with E-state index < -0.39 is 12.0 Å². The molecular formula is C19H22N2O2. The number of rotatable bonds is 4. The van der Waals surface area contributed by atoms with Crippen LogP contribution in [0.2, 0.25) is 0 Å². The normalized spacial score (nSPS) is 17.8. The van der Waals surface area contributed by atoms with Crippen LogP contribution in [0.15, 0.2) is 48.8 Å². The second kappa shape index (κ2) is 6.92. The Morgan fingerprint density at radius 3 is 2.30 bits per heavy atom. The van der Waals surface area contributed by atoms with Crippen molar-refractivity contribution in [2.75, 3.05) is 13.1 Å². The molecule has 1 unspecified atom stereocenters. The Balaban J connectivity index is 1.71. The van der Waals surface area contributed by atoms with Gasteiger partial charge in [0.2, 0.25) is 0 Å². The van der Waals surface area contributed by atoms with Gasteiger partial charge in [-0.25, -0.2) is 0 Å². The van der Waals surface area contributed by atoms with E-state index in [1.54, 1.807) is 0 Å². The molecule has 1 aliphatic rings. The van der Waals surface area contributed by atoms with Crippen LogP contribution < -0.4 is 0 Å². The van der Waals surface area contributed by atoms with Crippen LogP contribution in [0.1, 0.15) is 41.5 Å². The number of carbonyl (C=O) groups is 1. The molecule has 1 atom stereocenters. The van der Waals surface area contributed by atoms with E-state index >= 15 is 0 Å². The van der Waals surface area contributed by atoms with Gasteiger partial charge in [-0.1, -0.05) is 29.8 Å². The molecule has 2 heterocycles.